The normalized spacial score (nSPS) is 40.0. The molecule has 0 radical (unpaired) electrons. The van der Waals surface area contributed by atoms with Crippen LogP contribution in [0.1, 0.15) is 64.2 Å². The Balaban J connectivity index is 1.11. The first-order valence-corrected chi connectivity index (χ1v) is 18.6. The number of ketones is 2. The van der Waals surface area contributed by atoms with E-state index in [0.29, 0.717) is 37.1 Å². The SMILES string of the molecule is CN(C)CCCCNC1C(F)CC2C(=O)C(C(=O)NCCCN3CCOCC3)=CN3C4CC5C(CC4OC1C23)C(=O)C1CCCCC15. The number of alkyl halides is 1. The van der Waals surface area contributed by atoms with Gasteiger partial charge in [0.05, 0.1) is 49.1 Å². The van der Waals surface area contributed by atoms with Crippen molar-refractivity contribution in [1.29, 1.82) is 0 Å². The van der Waals surface area contributed by atoms with Gasteiger partial charge in [0.2, 0.25) is 0 Å². The molecule has 262 valence electrons. The van der Waals surface area contributed by atoms with Crippen LogP contribution in [0.4, 0.5) is 4.39 Å². The Morgan fingerprint density at radius 1 is 0.979 bits per heavy atom. The number of nitrogens with one attached hydrogen (secondary N) is 2. The first-order chi connectivity index (χ1) is 22.8. The molecule has 4 aliphatic carbocycles. The number of carbonyl (C=O) groups is 3. The Hall–Kier alpha value is -1.92. The molecule has 1 amide bonds. The summed E-state index contributed by atoms with van der Waals surface area (Å²) in [6.07, 6.45) is 8.52. The monoisotopic (exact) mass is 657 g/mol. The van der Waals surface area contributed by atoms with E-state index in [0.717, 1.165) is 84.3 Å². The fraction of sp³-hybridized carbons (Fsp3) is 0.861. The number of ether oxygens (including phenoxy) is 2. The highest BCUT2D eigenvalue weighted by atomic mass is 19.1. The molecule has 0 spiro atoms. The Labute approximate surface area is 279 Å². The average molecular weight is 658 g/mol. The Bertz CT molecular complexity index is 1190. The molecule has 11 heteroatoms. The maximum Gasteiger partial charge on any atom is 0.256 e. The molecule has 3 aliphatic heterocycles. The van der Waals surface area contributed by atoms with Crippen LogP contribution in [0.15, 0.2) is 11.8 Å². The second-order valence-corrected chi connectivity index (χ2v) is 15.7. The number of hydrogen-bond acceptors (Lipinski definition) is 9. The topological polar surface area (TPSA) is 103 Å². The summed E-state index contributed by atoms with van der Waals surface area (Å²) >= 11 is 0. The summed E-state index contributed by atoms with van der Waals surface area (Å²) in [5, 5.41) is 6.51. The van der Waals surface area contributed by atoms with Gasteiger partial charge in [-0.2, -0.15) is 0 Å². The zero-order valence-electron chi connectivity index (χ0n) is 28.4. The van der Waals surface area contributed by atoms with Crippen LogP contribution in [0.3, 0.4) is 0 Å². The summed E-state index contributed by atoms with van der Waals surface area (Å²) in [5.74, 6) is 0.0918. The van der Waals surface area contributed by atoms with Gasteiger partial charge in [-0.15, -0.1) is 0 Å². The zero-order chi connectivity index (χ0) is 32.7. The molecule has 6 fully saturated rings. The number of hydrogen-bond donors (Lipinski definition) is 2. The van der Waals surface area contributed by atoms with Crippen molar-refractivity contribution in [2.24, 2.45) is 29.6 Å². The van der Waals surface area contributed by atoms with Crippen LogP contribution in [0.5, 0.6) is 0 Å². The predicted molar refractivity (Wildman–Crippen MR) is 175 cm³/mol. The number of Topliss-reactive ketones (excluding diaryl/α,β-unsaturated/α-hetero) is 2. The number of nitrogens with zero attached hydrogens (tertiary/aromatic N) is 3. The third kappa shape index (κ3) is 6.68. The molecule has 2 saturated heterocycles. The summed E-state index contributed by atoms with van der Waals surface area (Å²) < 4.78 is 28.5. The molecular weight excluding hydrogens is 601 g/mol. The zero-order valence-corrected chi connectivity index (χ0v) is 28.4. The molecule has 10 nitrogen and oxygen atoms in total. The smallest absolute Gasteiger partial charge is 0.256 e. The van der Waals surface area contributed by atoms with Crippen LogP contribution in [-0.2, 0) is 23.9 Å². The Morgan fingerprint density at radius 2 is 1.79 bits per heavy atom. The van der Waals surface area contributed by atoms with E-state index in [-0.39, 0.29) is 53.7 Å². The van der Waals surface area contributed by atoms with E-state index in [1.807, 2.05) is 6.20 Å². The molecule has 0 bridgehead atoms. The number of carbonyl (C=O) groups excluding carboxylic acids is 3. The van der Waals surface area contributed by atoms with Gasteiger partial charge in [0, 0.05) is 43.6 Å². The molecule has 47 heavy (non-hydrogen) atoms. The second kappa shape index (κ2) is 14.5. The molecule has 11 atom stereocenters. The number of morpholine rings is 2. The van der Waals surface area contributed by atoms with Gasteiger partial charge in [0.1, 0.15) is 12.0 Å². The molecule has 0 aromatic carbocycles. The van der Waals surface area contributed by atoms with E-state index in [9.17, 15) is 14.4 Å². The minimum absolute atomic E-state index is 0.00328. The fourth-order valence-corrected chi connectivity index (χ4v) is 10.4. The van der Waals surface area contributed by atoms with Crippen molar-refractivity contribution in [1.82, 2.24) is 25.3 Å². The lowest BCUT2D eigenvalue weighted by Crippen LogP contribution is -2.73. The van der Waals surface area contributed by atoms with Gasteiger partial charge in [-0.3, -0.25) is 19.3 Å². The van der Waals surface area contributed by atoms with Crippen molar-refractivity contribution in [2.75, 3.05) is 66.6 Å². The van der Waals surface area contributed by atoms with Crippen molar-refractivity contribution in [3.8, 4) is 0 Å². The van der Waals surface area contributed by atoms with Crippen LogP contribution in [0.2, 0.25) is 0 Å². The quantitative estimate of drug-likeness (QED) is 0.256. The lowest BCUT2D eigenvalue weighted by Gasteiger charge is -2.60. The highest BCUT2D eigenvalue weighted by Gasteiger charge is 2.62. The maximum absolute atomic E-state index is 16.2. The third-order valence-corrected chi connectivity index (χ3v) is 12.7. The summed E-state index contributed by atoms with van der Waals surface area (Å²) in [7, 11) is 4.11. The van der Waals surface area contributed by atoms with Crippen LogP contribution < -0.4 is 10.6 Å². The van der Waals surface area contributed by atoms with E-state index in [1.54, 1.807) is 0 Å². The van der Waals surface area contributed by atoms with E-state index in [1.165, 1.54) is 6.42 Å². The highest BCUT2D eigenvalue weighted by Crippen LogP contribution is 2.55. The molecule has 0 aromatic heterocycles. The van der Waals surface area contributed by atoms with Gasteiger partial charge in [-0.1, -0.05) is 12.8 Å². The van der Waals surface area contributed by atoms with E-state index in [4.69, 9.17) is 9.47 Å². The highest BCUT2D eigenvalue weighted by molar-refractivity contribution is 6.20. The molecular formula is C36H56FN5O5. The number of halogens is 1. The first-order valence-electron chi connectivity index (χ1n) is 18.6. The molecule has 7 rings (SSSR count). The summed E-state index contributed by atoms with van der Waals surface area (Å²) in [4.78, 5) is 48.1. The Kier molecular flexibility index (Phi) is 10.4. The van der Waals surface area contributed by atoms with E-state index >= 15 is 4.39 Å². The van der Waals surface area contributed by atoms with Gasteiger partial charge in [0.25, 0.3) is 5.91 Å². The van der Waals surface area contributed by atoms with Crippen LogP contribution in [0.25, 0.3) is 0 Å². The van der Waals surface area contributed by atoms with Crippen molar-refractivity contribution in [3.05, 3.63) is 11.8 Å². The standard InChI is InChI=1S/C36H56FN5O5/c1-40(2)12-6-5-10-38-31-28(37)18-26-32-35(31)47-30-20-25-24(22-8-3-4-9-23(22)33(25)43)19-29(30)42(32)21-27(34(26)44)36(45)39-11-7-13-41-14-16-46-17-15-41/h21-26,28-32,35,38H,3-20H2,1-2H3,(H,39,45). The molecule has 3 heterocycles. The maximum atomic E-state index is 16.2. The minimum Gasteiger partial charge on any atom is -0.379 e. The van der Waals surface area contributed by atoms with Crippen molar-refractivity contribution < 1.29 is 28.2 Å². The summed E-state index contributed by atoms with van der Waals surface area (Å²) in [5.41, 5.74) is 0.152. The van der Waals surface area contributed by atoms with Crippen LogP contribution in [0, 0.1) is 29.6 Å². The fourth-order valence-electron chi connectivity index (χ4n) is 10.4. The van der Waals surface area contributed by atoms with Crippen molar-refractivity contribution in [3.63, 3.8) is 0 Å². The summed E-state index contributed by atoms with van der Waals surface area (Å²) in [6, 6.07) is -0.873. The lowest BCUT2D eigenvalue weighted by molar-refractivity contribution is -0.206. The number of amides is 1. The largest absolute Gasteiger partial charge is 0.379 e. The van der Waals surface area contributed by atoms with Crippen molar-refractivity contribution >= 4 is 17.5 Å². The molecule has 2 N–H and O–H groups in total. The molecule has 0 aromatic rings. The number of unbranched alkanes of at least 4 members (excludes halogenated alkanes) is 1. The van der Waals surface area contributed by atoms with Gasteiger partial charge >= 0.3 is 0 Å². The average Bonchev–Trinajstić information content (AvgIpc) is 3.35. The van der Waals surface area contributed by atoms with Gasteiger partial charge in [-0.25, -0.2) is 4.39 Å². The Morgan fingerprint density at radius 3 is 2.60 bits per heavy atom. The van der Waals surface area contributed by atoms with Gasteiger partial charge in [0.15, 0.2) is 5.78 Å². The third-order valence-electron chi connectivity index (χ3n) is 12.7. The van der Waals surface area contributed by atoms with E-state index < -0.39 is 24.2 Å². The summed E-state index contributed by atoms with van der Waals surface area (Å²) in [6.45, 7) is 6.26. The number of rotatable bonds is 11. The van der Waals surface area contributed by atoms with Crippen LogP contribution in [-0.4, -0.2) is 135 Å². The van der Waals surface area contributed by atoms with Gasteiger partial charge < -0.3 is 29.9 Å². The second-order valence-electron chi connectivity index (χ2n) is 15.7. The van der Waals surface area contributed by atoms with Gasteiger partial charge in [-0.05, 0) is 96.9 Å². The first kappa shape index (κ1) is 33.6. The predicted octanol–water partition coefficient (Wildman–Crippen LogP) is 2.17. The minimum atomic E-state index is -1.26. The van der Waals surface area contributed by atoms with E-state index in [2.05, 4.69) is 39.4 Å². The molecule has 4 saturated carbocycles. The molecule has 11 unspecified atom stereocenters. The van der Waals surface area contributed by atoms with Crippen molar-refractivity contribution in [2.45, 2.75) is 101 Å². The number of fused-ring (bicyclic) bond motifs is 5. The lowest BCUT2D eigenvalue weighted by atomic mass is 9.66. The molecule has 7 aliphatic rings. The van der Waals surface area contributed by atoms with Crippen LogP contribution >= 0.6 is 0 Å².